The van der Waals surface area contributed by atoms with Gasteiger partial charge in [-0.1, -0.05) is 23.5 Å². The van der Waals surface area contributed by atoms with Gasteiger partial charge >= 0.3 is 5.00 Å². The van der Waals surface area contributed by atoms with Gasteiger partial charge in [0, 0.05) is 12.3 Å². The Hall–Kier alpha value is -2.01. The highest BCUT2D eigenvalue weighted by Crippen LogP contribution is 2.23. The summed E-state index contributed by atoms with van der Waals surface area (Å²) in [6, 6.07) is 11.0. The minimum atomic E-state index is -0.394. The fourth-order valence-corrected chi connectivity index (χ4v) is 2.05. The first-order valence-electron chi connectivity index (χ1n) is 5.00. The second kappa shape index (κ2) is 4.88. The summed E-state index contributed by atoms with van der Waals surface area (Å²) in [6.45, 7) is 2.00. The SMILES string of the molecule is Cc1cccc(N=Cc2ccc([N+](=O)[O-])s2)c1. The Morgan fingerprint density at radius 2 is 2.18 bits per heavy atom. The molecule has 0 radical (unpaired) electrons. The molecule has 0 bridgehead atoms. The third-order valence-corrected chi connectivity index (χ3v) is 3.11. The van der Waals surface area contributed by atoms with Gasteiger partial charge in [-0.05, 0) is 30.7 Å². The van der Waals surface area contributed by atoms with Crippen LogP contribution in [-0.4, -0.2) is 11.1 Å². The molecule has 1 heterocycles. The number of nitrogens with zero attached hydrogens (tertiary/aromatic N) is 2. The number of aryl methyl sites for hydroxylation is 1. The average molecular weight is 246 g/mol. The van der Waals surface area contributed by atoms with Crippen molar-refractivity contribution in [3.8, 4) is 0 Å². The Kier molecular flexibility index (Phi) is 3.30. The first-order chi connectivity index (χ1) is 8.15. The van der Waals surface area contributed by atoms with E-state index in [1.54, 1.807) is 12.3 Å². The number of aliphatic imine (C=N–C) groups is 1. The molecule has 0 spiro atoms. The Bertz CT molecular complexity index is 575. The first kappa shape index (κ1) is 11.5. The Morgan fingerprint density at radius 1 is 1.35 bits per heavy atom. The maximum atomic E-state index is 10.5. The van der Waals surface area contributed by atoms with E-state index in [-0.39, 0.29) is 5.00 Å². The number of nitro groups is 1. The summed E-state index contributed by atoms with van der Waals surface area (Å²) in [7, 11) is 0. The molecule has 0 saturated carbocycles. The second-order valence-electron chi connectivity index (χ2n) is 3.53. The van der Waals surface area contributed by atoms with E-state index in [9.17, 15) is 10.1 Å². The summed E-state index contributed by atoms with van der Waals surface area (Å²) >= 11 is 1.12. The molecule has 2 aromatic rings. The smallest absolute Gasteiger partial charge is 0.258 e. The molecule has 2 rings (SSSR count). The van der Waals surface area contributed by atoms with Gasteiger partial charge in [0.1, 0.15) is 0 Å². The monoisotopic (exact) mass is 246 g/mol. The zero-order valence-corrected chi connectivity index (χ0v) is 9.98. The van der Waals surface area contributed by atoms with Gasteiger partial charge in [-0.25, -0.2) is 0 Å². The molecule has 1 aromatic carbocycles. The largest absolute Gasteiger partial charge is 0.324 e. The number of rotatable bonds is 3. The summed E-state index contributed by atoms with van der Waals surface area (Å²) in [5, 5.41) is 10.6. The van der Waals surface area contributed by atoms with Crippen molar-refractivity contribution in [2.24, 2.45) is 4.99 Å². The van der Waals surface area contributed by atoms with E-state index in [2.05, 4.69) is 4.99 Å². The molecule has 0 amide bonds. The van der Waals surface area contributed by atoms with Gasteiger partial charge in [-0.2, -0.15) is 0 Å². The summed E-state index contributed by atoms with van der Waals surface area (Å²) in [4.78, 5) is 15.2. The molecule has 0 N–H and O–H groups in total. The first-order valence-corrected chi connectivity index (χ1v) is 5.82. The van der Waals surface area contributed by atoms with Crippen molar-refractivity contribution in [1.82, 2.24) is 0 Å². The van der Waals surface area contributed by atoms with Crippen LogP contribution in [-0.2, 0) is 0 Å². The second-order valence-corrected chi connectivity index (χ2v) is 4.62. The summed E-state index contributed by atoms with van der Waals surface area (Å²) in [5.41, 5.74) is 1.98. The van der Waals surface area contributed by atoms with Crippen molar-refractivity contribution in [2.75, 3.05) is 0 Å². The van der Waals surface area contributed by atoms with E-state index in [0.29, 0.717) is 0 Å². The molecular weight excluding hydrogens is 236 g/mol. The van der Waals surface area contributed by atoms with Crippen molar-refractivity contribution >= 4 is 28.2 Å². The molecule has 0 aliphatic carbocycles. The number of hydrogen-bond donors (Lipinski definition) is 0. The van der Waals surface area contributed by atoms with Crippen LogP contribution in [0, 0.1) is 17.0 Å². The molecule has 1 aromatic heterocycles. The summed E-state index contributed by atoms with van der Waals surface area (Å²) in [5.74, 6) is 0. The van der Waals surface area contributed by atoms with Gasteiger partial charge < -0.3 is 0 Å². The van der Waals surface area contributed by atoms with Gasteiger partial charge in [-0.15, -0.1) is 0 Å². The third kappa shape index (κ3) is 2.98. The van der Waals surface area contributed by atoms with Crippen LogP contribution in [0.15, 0.2) is 41.4 Å². The number of hydrogen-bond acceptors (Lipinski definition) is 4. The zero-order valence-electron chi connectivity index (χ0n) is 9.16. The van der Waals surface area contributed by atoms with Crippen molar-refractivity contribution in [3.63, 3.8) is 0 Å². The lowest BCUT2D eigenvalue weighted by Crippen LogP contribution is -1.80. The molecule has 0 aliphatic heterocycles. The standard InChI is InChI=1S/C12H10N2O2S/c1-9-3-2-4-10(7-9)13-8-11-5-6-12(17-11)14(15)16/h2-8H,1H3. The predicted molar refractivity (Wildman–Crippen MR) is 69.4 cm³/mol. The van der Waals surface area contributed by atoms with Crippen molar-refractivity contribution in [1.29, 1.82) is 0 Å². The lowest BCUT2D eigenvalue weighted by Gasteiger charge is -1.94. The third-order valence-electron chi connectivity index (χ3n) is 2.14. The molecule has 0 aliphatic rings. The fraction of sp³-hybridized carbons (Fsp3) is 0.0833. The zero-order chi connectivity index (χ0) is 12.3. The highest BCUT2D eigenvalue weighted by atomic mass is 32.1. The predicted octanol–water partition coefficient (Wildman–Crippen LogP) is 3.72. The Balaban J connectivity index is 2.17. The quantitative estimate of drug-likeness (QED) is 0.471. The van der Waals surface area contributed by atoms with Crippen LogP contribution in [0.5, 0.6) is 0 Å². The molecule has 0 fully saturated rings. The molecule has 4 nitrogen and oxygen atoms in total. The van der Waals surface area contributed by atoms with Crippen LogP contribution in [0.25, 0.3) is 0 Å². The van der Waals surface area contributed by atoms with Gasteiger partial charge in [0.2, 0.25) is 0 Å². The molecule has 86 valence electrons. The van der Waals surface area contributed by atoms with E-state index >= 15 is 0 Å². The normalized spacial score (nSPS) is 10.9. The maximum absolute atomic E-state index is 10.5. The van der Waals surface area contributed by atoms with Crippen LogP contribution in [0.2, 0.25) is 0 Å². The van der Waals surface area contributed by atoms with Gasteiger partial charge in [0.05, 0.1) is 15.5 Å². The molecule has 0 saturated heterocycles. The highest BCUT2D eigenvalue weighted by molar-refractivity contribution is 7.16. The molecular formula is C12H10N2O2S. The molecule has 17 heavy (non-hydrogen) atoms. The lowest BCUT2D eigenvalue weighted by atomic mass is 10.2. The van der Waals surface area contributed by atoms with Crippen LogP contribution in [0.3, 0.4) is 0 Å². The number of thiophene rings is 1. The van der Waals surface area contributed by atoms with E-state index in [1.807, 2.05) is 31.2 Å². The molecule has 0 atom stereocenters. The minimum Gasteiger partial charge on any atom is -0.258 e. The topological polar surface area (TPSA) is 55.5 Å². The molecule has 5 heteroatoms. The van der Waals surface area contributed by atoms with Gasteiger partial charge in [0.25, 0.3) is 0 Å². The van der Waals surface area contributed by atoms with Crippen molar-refractivity contribution < 1.29 is 4.92 Å². The van der Waals surface area contributed by atoms with Crippen LogP contribution >= 0.6 is 11.3 Å². The van der Waals surface area contributed by atoms with E-state index < -0.39 is 4.92 Å². The van der Waals surface area contributed by atoms with E-state index in [4.69, 9.17) is 0 Å². The summed E-state index contributed by atoms with van der Waals surface area (Å²) in [6.07, 6.45) is 1.65. The Morgan fingerprint density at radius 3 is 2.82 bits per heavy atom. The number of benzene rings is 1. The average Bonchev–Trinajstić information content (AvgIpc) is 2.75. The lowest BCUT2D eigenvalue weighted by molar-refractivity contribution is -0.380. The van der Waals surface area contributed by atoms with Crippen molar-refractivity contribution in [2.45, 2.75) is 6.92 Å². The maximum Gasteiger partial charge on any atom is 0.324 e. The fourth-order valence-electron chi connectivity index (χ4n) is 1.36. The highest BCUT2D eigenvalue weighted by Gasteiger charge is 2.07. The van der Waals surface area contributed by atoms with Crippen LogP contribution < -0.4 is 0 Å². The Labute approximate surface area is 102 Å². The van der Waals surface area contributed by atoms with Crippen LogP contribution in [0.4, 0.5) is 10.7 Å². The molecule has 0 unspecified atom stereocenters. The van der Waals surface area contributed by atoms with Gasteiger partial charge in [-0.3, -0.25) is 15.1 Å². The van der Waals surface area contributed by atoms with Gasteiger partial charge in [0.15, 0.2) is 0 Å². The van der Waals surface area contributed by atoms with Crippen LogP contribution in [0.1, 0.15) is 10.4 Å². The summed E-state index contributed by atoms with van der Waals surface area (Å²) < 4.78 is 0. The van der Waals surface area contributed by atoms with Crippen molar-refractivity contribution in [3.05, 3.63) is 57.0 Å². The van der Waals surface area contributed by atoms with E-state index in [1.165, 1.54) is 6.07 Å². The van der Waals surface area contributed by atoms with E-state index in [0.717, 1.165) is 27.5 Å². The minimum absolute atomic E-state index is 0.135.